The molecule has 3 N–H and O–H groups in total. The zero-order valence-corrected chi connectivity index (χ0v) is 12.2. The quantitative estimate of drug-likeness (QED) is 0.628. The average molecular weight is 296 g/mol. The third-order valence-corrected chi connectivity index (χ3v) is 3.91. The van der Waals surface area contributed by atoms with E-state index in [1.165, 1.54) is 4.68 Å². The van der Waals surface area contributed by atoms with Gasteiger partial charge in [0.25, 0.3) is 5.91 Å². The van der Waals surface area contributed by atoms with Crippen molar-refractivity contribution in [3.8, 4) is 0 Å². The van der Waals surface area contributed by atoms with Gasteiger partial charge in [0, 0.05) is 25.3 Å². The van der Waals surface area contributed by atoms with Crippen LogP contribution in [0.3, 0.4) is 0 Å². The van der Waals surface area contributed by atoms with Crippen LogP contribution in [0.2, 0.25) is 0 Å². The molecule has 0 bridgehead atoms. The van der Waals surface area contributed by atoms with Crippen LogP contribution in [-0.4, -0.2) is 69.7 Å². The van der Waals surface area contributed by atoms with Crippen molar-refractivity contribution in [3.63, 3.8) is 0 Å². The molecular weight excluding hydrogens is 272 g/mol. The highest BCUT2D eigenvalue weighted by Gasteiger charge is 2.21. The Morgan fingerprint density at radius 3 is 3.00 bits per heavy atom. The standard InChI is InChI=1S/C14H24N4O3/c19-10-9-18-13(4-5-16-18)14(21)15-6-8-17-7-2-1-3-12(17)11-20/h4-5,12,19-20H,1-3,6-11H2,(H,15,21)/t12-/m1/s1. The fourth-order valence-electron chi connectivity index (χ4n) is 2.76. The maximum Gasteiger partial charge on any atom is 0.269 e. The van der Waals surface area contributed by atoms with Gasteiger partial charge in [0.15, 0.2) is 0 Å². The van der Waals surface area contributed by atoms with E-state index in [4.69, 9.17) is 5.11 Å². The molecular formula is C14H24N4O3. The Morgan fingerprint density at radius 1 is 1.38 bits per heavy atom. The Bertz CT molecular complexity index is 449. The summed E-state index contributed by atoms with van der Waals surface area (Å²) in [5, 5.41) is 25.1. The Hall–Kier alpha value is -1.44. The number of nitrogens with one attached hydrogen (secondary N) is 1. The van der Waals surface area contributed by atoms with Crippen LogP contribution in [0.15, 0.2) is 12.3 Å². The zero-order valence-electron chi connectivity index (χ0n) is 12.2. The molecule has 1 aliphatic rings. The van der Waals surface area contributed by atoms with Gasteiger partial charge in [0.1, 0.15) is 5.69 Å². The van der Waals surface area contributed by atoms with Crippen molar-refractivity contribution >= 4 is 5.91 Å². The molecule has 2 rings (SSSR count). The van der Waals surface area contributed by atoms with Gasteiger partial charge in [-0.3, -0.25) is 14.4 Å². The maximum absolute atomic E-state index is 12.1. The van der Waals surface area contributed by atoms with Crippen molar-refractivity contribution in [1.29, 1.82) is 0 Å². The van der Waals surface area contributed by atoms with E-state index in [1.807, 2.05) is 0 Å². The number of carbonyl (C=O) groups is 1. The van der Waals surface area contributed by atoms with Gasteiger partial charge in [-0.25, -0.2) is 0 Å². The molecule has 1 fully saturated rings. The monoisotopic (exact) mass is 296 g/mol. The summed E-state index contributed by atoms with van der Waals surface area (Å²) < 4.78 is 1.49. The van der Waals surface area contributed by atoms with E-state index < -0.39 is 0 Å². The van der Waals surface area contributed by atoms with Crippen LogP contribution in [0, 0.1) is 0 Å². The van der Waals surface area contributed by atoms with Crippen molar-refractivity contribution in [3.05, 3.63) is 18.0 Å². The van der Waals surface area contributed by atoms with E-state index >= 15 is 0 Å². The van der Waals surface area contributed by atoms with Crippen LogP contribution in [-0.2, 0) is 6.54 Å². The van der Waals surface area contributed by atoms with E-state index in [0.29, 0.717) is 18.8 Å². The number of nitrogens with zero attached hydrogens (tertiary/aromatic N) is 3. The van der Waals surface area contributed by atoms with Gasteiger partial charge in [-0.05, 0) is 25.5 Å². The fraction of sp³-hybridized carbons (Fsp3) is 0.714. The smallest absolute Gasteiger partial charge is 0.269 e. The summed E-state index contributed by atoms with van der Waals surface area (Å²) in [6.07, 6.45) is 4.88. The number of amides is 1. The number of aromatic nitrogens is 2. The highest BCUT2D eigenvalue weighted by Crippen LogP contribution is 2.15. The molecule has 1 atom stereocenters. The summed E-state index contributed by atoms with van der Waals surface area (Å²) in [5.41, 5.74) is 0.460. The van der Waals surface area contributed by atoms with E-state index in [9.17, 15) is 9.90 Å². The number of aliphatic hydroxyl groups excluding tert-OH is 2. The van der Waals surface area contributed by atoms with E-state index in [0.717, 1.165) is 32.4 Å². The molecule has 7 heteroatoms. The maximum atomic E-state index is 12.1. The number of aliphatic hydroxyl groups is 2. The van der Waals surface area contributed by atoms with Crippen molar-refractivity contribution in [2.75, 3.05) is 32.8 Å². The van der Waals surface area contributed by atoms with Gasteiger partial charge in [-0.2, -0.15) is 5.10 Å². The summed E-state index contributed by atoms with van der Waals surface area (Å²) in [6.45, 7) is 2.70. The van der Waals surface area contributed by atoms with E-state index in [-0.39, 0.29) is 25.2 Å². The summed E-state index contributed by atoms with van der Waals surface area (Å²) in [5.74, 6) is -0.182. The highest BCUT2D eigenvalue weighted by molar-refractivity contribution is 5.92. The van der Waals surface area contributed by atoms with Crippen LogP contribution < -0.4 is 5.32 Å². The molecule has 21 heavy (non-hydrogen) atoms. The van der Waals surface area contributed by atoms with Crippen molar-refractivity contribution in [1.82, 2.24) is 20.0 Å². The van der Waals surface area contributed by atoms with Crippen LogP contribution in [0.4, 0.5) is 0 Å². The average Bonchev–Trinajstić information content (AvgIpc) is 2.96. The largest absolute Gasteiger partial charge is 0.395 e. The minimum Gasteiger partial charge on any atom is -0.395 e. The van der Waals surface area contributed by atoms with Crippen molar-refractivity contribution < 1.29 is 15.0 Å². The summed E-state index contributed by atoms with van der Waals surface area (Å²) in [4.78, 5) is 14.3. The molecule has 1 aromatic rings. The minimum absolute atomic E-state index is 0.0477. The van der Waals surface area contributed by atoms with Crippen LogP contribution in [0.25, 0.3) is 0 Å². The molecule has 1 aromatic heterocycles. The lowest BCUT2D eigenvalue weighted by atomic mass is 10.0. The van der Waals surface area contributed by atoms with Gasteiger partial charge < -0.3 is 15.5 Å². The van der Waals surface area contributed by atoms with Gasteiger partial charge in [0.2, 0.25) is 0 Å². The number of rotatable bonds is 7. The van der Waals surface area contributed by atoms with Crippen LogP contribution in [0.5, 0.6) is 0 Å². The third-order valence-electron chi connectivity index (χ3n) is 3.91. The Kier molecular flexibility index (Phi) is 6.16. The molecule has 0 aliphatic carbocycles. The third kappa shape index (κ3) is 4.26. The molecule has 1 saturated heterocycles. The first-order valence-corrected chi connectivity index (χ1v) is 7.52. The second-order valence-electron chi connectivity index (χ2n) is 5.29. The second-order valence-corrected chi connectivity index (χ2v) is 5.29. The Balaban J connectivity index is 1.79. The van der Waals surface area contributed by atoms with E-state index in [2.05, 4.69) is 15.3 Å². The van der Waals surface area contributed by atoms with Crippen molar-refractivity contribution in [2.45, 2.75) is 31.8 Å². The summed E-state index contributed by atoms with van der Waals surface area (Å²) >= 11 is 0. The number of hydrogen-bond donors (Lipinski definition) is 3. The lowest BCUT2D eigenvalue weighted by molar-refractivity contribution is 0.0843. The zero-order chi connectivity index (χ0) is 15.1. The molecule has 0 unspecified atom stereocenters. The SMILES string of the molecule is O=C(NCCN1CCCC[C@@H]1CO)c1ccnn1CCO. The first-order valence-electron chi connectivity index (χ1n) is 7.52. The van der Waals surface area contributed by atoms with E-state index in [1.54, 1.807) is 12.3 Å². The molecule has 2 heterocycles. The van der Waals surface area contributed by atoms with Crippen LogP contribution >= 0.6 is 0 Å². The molecule has 1 aliphatic heterocycles. The van der Waals surface area contributed by atoms with Gasteiger partial charge in [0.05, 0.1) is 19.8 Å². The lowest BCUT2D eigenvalue weighted by Crippen LogP contribution is -2.45. The Labute approximate surface area is 124 Å². The molecule has 7 nitrogen and oxygen atoms in total. The first-order chi connectivity index (χ1) is 10.3. The molecule has 118 valence electrons. The molecule has 0 radical (unpaired) electrons. The highest BCUT2D eigenvalue weighted by atomic mass is 16.3. The van der Waals surface area contributed by atoms with Crippen molar-refractivity contribution in [2.24, 2.45) is 0 Å². The topological polar surface area (TPSA) is 90.6 Å². The fourth-order valence-corrected chi connectivity index (χ4v) is 2.76. The molecule has 0 aromatic carbocycles. The molecule has 0 saturated carbocycles. The molecule has 1 amide bonds. The summed E-state index contributed by atoms with van der Waals surface area (Å²) in [7, 11) is 0. The summed E-state index contributed by atoms with van der Waals surface area (Å²) in [6, 6.07) is 1.86. The first kappa shape index (κ1) is 15.9. The number of likely N-dealkylation sites (tertiary alicyclic amines) is 1. The minimum atomic E-state index is -0.182. The lowest BCUT2D eigenvalue weighted by Gasteiger charge is -2.34. The number of hydrogen-bond acceptors (Lipinski definition) is 5. The predicted octanol–water partition coefficient (Wildman–Crippen LogP) is -0.548. The predicted molar refractivity (Wildman–Crippen MR) is 77.9 cm³/mol. The van der Waals surface area contributed by atoms with Crippen LogP contribution in [0.1, 0.15) is 29.8 Å². The van der Waals surface area contributed by atoms with Gasteiger partial charge >= 0.3 is 0 Å². The normalized spacial score (nSPS) is 19.6. The van der Waals surface area contributed by atoms with Gasteiger partial charge in [-0.15, -0.1) is 0 Å². The number of piperidine rings is 1. The number of carbonyl (C=O) groups excluding carboxylic acids is 1. The Morgan fingerprint density at radius 2 is 2.24 bits per heavy atom. The van der Waals surface area contributed by atoms with Gasteiger partial charge in [-0.1, -0.05) is 6.42 Å². The second kappa shape index (κ2) is 8.11. The molecule has 0 spiro atoms.